The average Bonchev–Trinajstić information content (AvgIpc) is 3.23. The lowest BCUT2D eigenvalue weighted by molar-refractivity contribution is -0.137. The third kappa shape index (κ3) is 5.30. The van der Waals surface area contributed by atoms with E-state index in [4.69, 9.17) is 5.73 Å². The van der Waals surface area contributed by atoms with Crippen molar-refractivity contribution in [1.29, 1.82) is 0 Å². The highest BCUT2D eigenvalue weighted by molar-refractivity contribution is 6.02. The van der Waals surface area contributed by atoms with E-state index >= 15 is 0 Å². The SMILES string of the molecule is CCC(CC(=O)O)c1ccc(N2CCC[C@H]2C(C)(C)O)c(N(C(N)=O)c2ccccc2C)c1. The summed E-state index contributed by atoms with van der Waals surface area (Å²) in [5.74, 6) is -1.05. The Labute approximate surface area is 195 Å². The molecule has 33 heavy (non-hydrogen) atoms. The van der Waals surface area contributed by atoms with Gasteiger partial charge in [-0.2, -0.15) is 0 Å². The highest BCUT2D eigenvalue weighted by atomic mass is 16.4. The number of carbonyl (C=O) groups is 2. The number of benzene rings is 2. The number of hydrogen-bond donors (Lipinski definition) is 3. The molecule has 2 aromatic rings. The van der Waals surface area contributed by atoms with Crippen LogP contribution in [0.2, 0.25) is 0 Å². The zero-order valence-electron chi connectivity index (χ0n) is 19.9. The van der Waals surface area contributed by atoms with Crippen molar-refractivity contribution in [3.8, 4) is 0 Å². The molecule has 1 unspecified atom stereocenters. The first-order valence-corrected chi connectivity index (χ1v) is 11.5. The van der Waals surface area contributed by atoms with Crippen LogP contribution in [0, 0.1) is 6.92 Å². The lowest BCUT2D eigenvalue weighted by atomic mass is 9.91. The molecule has 2 amide bonds. The molecule has 0 bridgehead atoms. The molecule has 7 heteroatoms. The van der Waals surface area contributed by atoms with Crippen LogP contribution >= 0.6 is 0 Å². The van der Waals surface area contributed by atoms with Gasteiger partial charge in [0.25, 0.3) is 0 Å². The van der Waals surface area contributed by atoms with E-state index in [0.717, 1.165) is 36.2 Å². The number of carboxylic acid groups (broad SMARTS) is 1. The summed E-state index contributed by atoms with van der Waals surface area (Å²) in [7, 11) is 0. The van der Waals surface area contributed by atoms with Crippen LogP contribution < -0.4 is 15.5 Å². The topological polar surface area (TPSA) is 107 Å². The van der Waals surface area contributed by atoms with E-state index in [1.807, 2.05) is 56.3 Å². The smallest absolute Gasteiger partial charge is 0.323 e. The van der Waals surface area contributed by atoms with Gasteiger partial charge >= 0.3 is 12.0 Å². The average molecular weight is 454 g/mol. The number of anilines is 3. The van der Waals surface area contributed by atoms with Crippen molar-refractivity contribution in [3.05, 3.63) is 53.6 Å². The number of rotatable bonds is 8. The third-order valence-corrected chi connectivity index (χ3v) is 6.58. The molecule has 0 spiro atoms. The highest BCUT2D eigenvalue weighted by Gasteiger charge is 2.38. The van der Waals surface area contributed by atoms with Gasteiger partial charge in [0.2, 0.25) is 0 Å². The van der Waals surface area contributed by atoms with Crippen LogP contribution in [-0.2, 0) is 4.79 Å². The maximum atomic E-state index is 12.8. The molecule has 0 saturated carbocycles. The van der Waals surface area contributed by atoms with E-state index in [-0.39, 0.29) is 18.4 Å². The number of aliphatic carboxylic acids is 1. The third-order valence-electron chi connectivity index (χ3n) is 6.58. The van der Waals surface area contributed by atoms with Crippen molar-refractivity contribution in [2.45, 2.75) is 70.9 Å². The molecule has 178 valence electrons. The number of hydrogen-bond acceptors (Lipinski definition) is 4. The fourth-order valence-electron chi connectivity index (χ4n) is 4.90. The number of aryl methyl sites for hydroxylation is 1. The molecule has 1 saturated heterocycles. The Morgan fingerprint density at radius 1 is 1.21 bits per heavy atom. The molecular weight excluding hydrogens is 418 g/mol. The minimum atomic E-state index is -0.929. The van der Waals surface area contributed by atoms with Gasteiger partial charge in [0.15, 0.2) is 0 Å². The van der Waals surface area contributed by atoms with Crippen molar-refractivity contribution >= 4 is 29.1 Å². The first-order chi connectivity index (χ1) is 15.5. The summed E-state index contributed by atoms with van der Waals surface area (Å²) in [4.78, 5) is 27.9. The van der Waals surface area contributed by atoms with Crippen LogP contribution in [-0.4, -0.2) is 40.4 Å². The van der Waals surface area contributed by atoms with Crippen molar-refractivity contribution < 1.29 is 19.8 Å². The molecule has 3 rings (SSSR count). The lowest BCUT2D eigenvalue weighted by Crippen LogP contribution is -2.46. The molecule has 1 aliphatic heterocycles. The summed E-state index contributed by atoms with van der Waals surface area (Å²) in [5.41, 5.74) is 8.81. The van der Waals surface area contributed by atoms with E-state index < -0.39 is 17.6 Å². The Hall–Kier alpha value is -3.06. The van der Waals surface area contributed by atoms with Crippen LogP contribution in [0.1, 0.15) is 63.5 Å². The first-order valence-electron chi connectivity index (χ1n) is 11.5. The van der Waals surface area contributed by atoms with Crippen LogP contribution in [0.5, 0.6) is 0 Å². The second-order valence-electron chi connectivity index (χ2n) is 9.42. The second-order valence-corrected chi connectivity index (χ2v) is 9.42. The van der Waals surface area contributed by atoms with E-state index in [2.05, 4.69) is 4.90 Å². The fourth-order valence-corrected chi connectivity index (χ4v) is 4.90. The molecule has 0 radical (unpaired) electrons. The number of carbonyl (C=O) groups excluding carboxylic acids is 1. The number of primary amides is 1. The summed E-state index contributed by atoms with van der Waals surface area (Å²) in [6, 6.07) is 12.6. The Bertz CT molecular complexity index is 1010. The summed E-state index contributed by atoms with van der Waals surface area (Å²) in [5, 5.41) is 20.2. The quantitative estimate of drug-likeness (QED) is 0.526. The maximum Gasteiger partial charge on any atom is 0.323 e. The first kappa shape index (κ1) is 24.6. The maximum absolute atomic E-state index is 12.8. The number of amides is 2. The highest BCUT2D eigenvalue weighted by Crippen LogP contribution is 2.42. The van der Waals surface area contributed by atoms with Gasteiger partial charge in [-0.15, -0.1) is 0 Å². The Kier molecular flexibility index (Phi) is 7.32. The van der Waals surface area contributed by atoms with Crippen LogP contribution in [0.25, 0.3) is 0 Å². The van der Waals surface area contributed by atoms with E-state index in [1.54, 1.807) is 13.8 Å². The van der Waals surface area contributed by atoms with Crippen molar-refractivity contribution in [2.75, 3.05) is 16.3 Å². The Morgan fingerprint density at radius 3 is 2.48 bits per heavy atom. The molecule has 1 heterocycles. The predicted octanol–water partition coefficient (Wildman–Crippen LogP) is 4.92. The Balaban J connectivity index is 2.22. The number of nitrogens with two attached hydrogens (primary N) is 1. The second kappa shape index (κ2) is 9.83. The number of urea groups is 1. The zero-order valence-corrected chi connectivity index (χ0v) is 19.9. The number of carboxylic acids is 1. The van der Waals surface area contributed by atoms with Gasteiger partial charge in [-0.3, -0.25) is 9.69 Å². The largest absolute Gasteiger partial charge is 0.481 e. The molecule has 1 aliphatic rings. The predicted molar refractivity (Wildman–Crippen MR) is 131 cm³/mol. The lowest BCUT2D eigenvalue weighted by Gasteiger charge is -2.38. The Morgan fingerprint density at radius 2 is 1.91 bits per heavy atom. The summed E-state index contributed by atoms with van der Waals surface area (Å²) < 4.78 is 0. The van der Waals surface area contributed by atoms with Gasteiger partial charge in [-0.1, -0.05) is 31.2 Å². The summed E-state index contributed by atoms with van der Waals surface area (Å²) in [6.07, 6.45) is 2.42. The van der Waals surface area contributed by atoms with Gasteiger partial charge in [0.05, 0.1) is 35.1 Å². The molecule has 0 aliphatic carbocycles. The number of para-hydroxylation sites is 1. The monoisotopic (exact) mass is 453 g/mol. The molecule has 7 nitrogen and oxygen atoms in total. The van der Waals surface area contributed by atoms with Gasteiger partial charge in [0, 0.05) is 6.54 Å². The van der Waals surface area contributed by atoms with Crippen LogP contribution in [0.4, 0.5) is 21.9 Å². The van der Waals surface area contributed by atoms with E-state index in [0.29, 0.717) is 17.8 Å². The number of aliphatic hydroxyl groups is 1. The van der Waals surface area contributed by atoms with E-state index in [9.17, 15) is 19.8 Å². The van der Waals surface area contributed by atoms with Crippen LogP contribution in [0.15, 0.2) is 42.5 Å². The zero-order chi connectivity index (χ0) is 24.3. The standard InChI is InChI=1S/C26H35N3O4/c1-5-18(16-24(30)31)19-12-13-21(28-14-8-11-23(28)26(3,4)33)22(15-19)29(25(27)32)20-10-7-6-9-17(20)2/h6-7,9-10,12-13,15,18,23,33H,5,8,11,14,16H2,1-4H3,(H2,27,32)(H,30,31)/t18?,23-/m0/s1. The normalized spacial score (nSPS) is 17.1. The van der Waals surface area contributed by atoms with Crippen molar-refractivity contribution in [1.82, 2.24) is 0 Å². The molecule has 2 aromatic carbocycles. The summed E-state index contributed by atoms with van der Waals surface area (Å²) >= 11 is 0. The van der Waals surface area contributed by atoms with Crippen molar-refractivity contribution in [2.24, 2.45) is 5.73 Å². The molecule has 1 fully saturated rings. The molecule has 4 N–H and O–H groups in total. The molecule has 0 aromatic heterocycles. The van der Waals surface area contributed by atoms with Gasteiger partial charge in [-0.05, 0) is 75.3 Å². The number of nitrogens with zero attached hydrogens (tertiary/aromatic N) is 2. The minimum Gasteiger partial charge on any atom is -0.481 e. The fraction of sp³-hybridized carbons (Fsp3) is 0.462. The molecule has 2 atom stereocenters. The summed E-state index contributed by atoms with van der Waals surface area (Å²) in [6.45, 7) is 8.23. The van der Waals surface area contributed by atoms with Gasteiger partial charge in [-0.25, -0.2) is 4.79 Å². The van der Waals surface area contributed by atoms with Gasteiger partial charge in [0.1, 0.15) is 0 Å². The molecular formula is C26H35N3O4. The van der Waals surface area contributed by atoms with Crippen LogP contribution in [0.3, 0.4) is 0 Å². The minimum absolute atomic E-state index is 0.00618. The van der Waals surface area contributed by atoms with Crippen molar-refractivity contribution in [3.63, 3.8) is 0 Å². The van der Waals surface area contributed by atoms with E-state index in [1.165, 1.54) is 4.90 Å². The van der Waals surface area contributed by atoms with Gasteiger partial charge < -0.3 is 20.8 Å².